The van der Waals surface area contributed by atoms with Gasteiger partial charge in [0.1, 0.15) is 5.76 Å². The standard InChI is InChI=1S/C17H22N4O2/c1-4-15-12(9-11-23-15)17(22)21-10-5-6-14(21)13-7-8-16(19-18-13)20(2)3/h7-9,11,14H,4-6,10H2,1-3H3. The minimum atomic E-state index is -0.00850. The minimum absolute atomic E-state index is 0.00850. The van der Waals surface area contributed by atoms with Gasteiger partial charge >= 0.3 is 0 Å². The summed E-state index contributed by atoms with van der Waals surface area (Å²) in [4.78, 5) is 16.7. The van der Waals surface area contributed by atoms with Crippen molar-refractivity contribution in [1.29, 1.82) is 0 Å². The van der Waals surface area contributed by atoms with Crippen LogP contribution >= 0.6 is 0 Å². The Morgan fingerprint density at radius 2 is 2.17 bits per heavy atom. The number of hydrogen-bond acceptors (Lipinski definition) is 5. The van der Waals surface area contributed by atoms with Crippen LogP contribution in [0, 0.1) is 0 Å². The number of aryl methyl sites for hydroxylation is 1. The Balaban J connectivity index is 1.84. The summed E-state index contributed by atoms with van der Waals surface area (Å²) in [6.07, 6.45) is 4.20. The van der Waals surface area contributed by atoms with Crippen molar-refractivity contribution in [2.75, 3.05) is 25.5 Å². The fraction of sp³-hybridized carbons (Fsp3) is 0.471. The minimum Gasteiger partial charge on any atom is -0.469 e. The molecular formula is C17H22N4O2. The smallest absolute Gasteiger partial charge is 0.257 e. The summed E-state index contributed by atoms with van der Waals surface area (Å²) >= 11 is 0. The molecule has 0 bridgehead atoms. The van der Waals surface area contributed by atoms with Gasteiger partial charge in [-0.2, -0.15) is 5.10 Å². The zero-order valence-corrected chi connectivity index (χ0v) is 13.8. The largest absolute Gasteiger partial charge is 0.469 e. The molecule has 2 aromatic rings. The third kappa shape index (κ3) is 2.93. The monoisotopic (exact) mass is 314 g/mol. The van der Waals surface area contributed by atoms with Crippen LogP contribution < -0.4 is 4.90 Å². The summed E-state index contributed by atoms with van der Waals surface area (Å²) in [6.45, 7) is 2.73. The van der Waals surface area contributed by atoms with Crippen molar-refractivity contribution in [3.63, 3.8) is 0 Å². The average molecular weight is 314 g/mol. The number of aromatic nitrogens is 2. The summed E-state index contributed by atoms with van der Waals surface area (Å²) in [5.41, 5.74) is 1.51. The predicted molar refractivity (Wildman–Crippen MR) is 87.5 cm³/mol. The van der Waals surface area contributed by atoms with E-state index in [1.54, 1.807) is 12.3 Å². The molecule has 23 heavy (non-hydrogen) atoms. The molecule has 1 fully saturated rings. The van der Waals surface area contributed by atoms with Gasteiger partial charge in [0.05, 0.1) is 23.6 Å². The van der Waals surface area contributed by atoms with Gasteiger partial charge in [-0.25, -0.2) is 0 Å². The van der Waals surface area contributed by atoms with E-state index in [1.807, 2.05) is 43.0 Å². The molecule has 1 aliphatic heterocycles. The first-order valence-electron chi connectivity index (χ1n) is 8.00. The molecular weight excluding hydrogens is 292 g/mol. The molecule has 1 saturated heterocycles. The van der Waals surface area contributed by atoms with E-state index in [9.17, 15) is 4.79 Å². The highest BCUT2D eigenvalue weighted by Gasteiger charge is 2.33. The molecule has 1 unspecified atom stereocenters. The molecule has 1 atom stereocenters. The molecule has 3 rings (SSSR count). The normalized spacial score (nSPS) is 17.5. The molecule has 0 radical (unpaired) electrons. The number of amides is 1. The number of nitrogens with zero attached hydrogens (tertiary/aromatic N) is 4. The first-order chi connectivity index (χ1) is 11.1. The van der Waals surface area contributed by atoms with Crippen molar-refractivity contribution in [3.8, 4) is 0 Å². The Bertz CT molecular complexity index is 678. The van der Waals surface area contributed by atoms with Crippen LogP contribution in [0.15, 0.2) is 28.9 Å². The van der Waals surface area contributed by atoms with Gasteiger partial charge in [-0.3, -0.25) is 4.79 Å². The van der Waals surface area contributed by atoms with E-state index in [1.165, 1.54) is 0 Å². The van der Waals surface area contributed by atoms with E-state index in [0.29, 0.717) is 12.0 Å². The molecule has 1 aliphatic rings. The van der Waals surface area contributed by atoms with Gasteiger partial charge in [-0.15, -0.1) is 5.10 Å². The van der Waals surface area contributed by atoms with Crippen molar-refractivity contribution >= 4 is 11.7 Å². The number of likely N-dealkylation sites (tertiary alicyclic amines) is 1. The van der Waals surface area contributed by atoms with Crippen LogP contribution in [0.5, 0.6) is 0 Å². The highest BCUT2D eigenvalue weighted by molar-refractivity contribution is 5.95. The first-order valence-corrected chi connectivity index (χ1v) is 8.00. The molecule has 0 spiro atoms. The molecule has 0 N–H and O–H groups in total. The molecule has 0 saturated carbocycles. The summed E-state index contributed by atoms with van der Waals surface area (Å²) < 4.78 is 5.40. The van der Waals surface area contributed by atoms with Crippen LogP contribution in [0.2, 0.25) is 0 Å². The molecule has 6 nitrogen and oxygen atoms in total. The number of anilines is 1. The van der Waals surface area contributed by atoms with Gasteiger partial charge in [0, 0.05) is 27.1 Å². The Morgan fingerprint density at radius 3 is 2.83 bits per heavy atom. The number of carbonyl (C=O) groups excluding carboxylic acids is 1. The average Bonchev–Trinajstić information content (AvgIpc) is 3.23. The second-order valence-corrected chi connectivity index (χ2v) is 5.98. The topological polar surface area (TPSA) is 62.5 Å². The third-order valence-corrected chi connectivity index (χ3v) is 4.28. The van der Waals surface area contributed by atoms with E-state index in [-0.39, 0.29) is 11.9 Å². The maximum absolute atomic E-state index is 12.9. The molecule has 2 aromatic heterocycles. The summed E-state index contributed by atoms with van der Waals surface area (Å²) in [6, 6.07) is 5.66. The van der Waals surface area contributed by atoms with E-state index < -0.39 is 0 Å². The van der Waals surface area contributed by atoms with Crippen LogP contribution in [0.25, 0.3) is 0 Å². The van der Waals surface area contributed by atoms with E-state index in [0.717, 1.165) is 36.7 Å². The van der Waals surface area contributed by atoms with Gasteiger partial charge < -0.3 is 14.2 Å². The predicted octanol–water partition coefficient (Wildman–Crippen LogP) is 2.68. The summed E-state index contributed by atoms with van der Waals surface area (Å²) in [7, 11) is 3.86. The Labute approximate surface area is 136 Å². The van der Waals surface area contributed by atoms with E-state index in [4.69, 9.17) is 4.42 Å². The van der Waals surface area contributed by atoms with Crippen LogP contribution in [-0.2, 0) is 6.42 Å². The molecule has 3 heterocycles. The lowest BCUT2D eigenvalue weighted by Gasteiger charge is -2.24. The highest BCUT2D eigenvalue weighted by atomic mass is 16.3. The molecule has 1 amide bonds. The van der Waals surface area contributed by atoms with E-state index >= 15 is 0 Å². The van der Waals surface area contributed by atoms with Crippen LogP contribution in [0.3, 0.4) is 0 Å². The zero-order chi connectivity index (χ0) is 16.4. The quantitative estimate of drug-likeness (QED) is 0.868. The Morgan fingerprint density at radius 1 is 1.35 bits per heavy atom. The molecule has 122 valence electrons. The van der Waals surface area contributed by atoms with Gasteiger partial charge in [-0.05, 0) is 31.0 Å². The molecule has 0 aliphatic carbocycles. The van der Waals surface area contributed by atoms with Gasteiger partial charge in [0.2, 0.25) is 0 Å². The summed E-state index contributed by atoms with van der Waals surface area (Å²) in [5, 5.41) is 8.56. The lowest BCUT2D eigenvalue weighted by atomic mass is 10.1. The number of rotatable bonds is 4. The number of hydrogen-bond donors (Lipinski definition) is 0. The van der Waals surface area contributed by atoms with Gasteiger partial charge in [0.15, 0.2) is 5.82 Å². The van der Waals surface area contributed by atoms with Crippen molar-refractivity contribution in [1.82, 2.24) is 15.1 Å². The van der Waals surface area contributed by atoms with Crippen LogP contribution in [0.1, 0.15) is 47.6 Å². The SMILES string of the molecule is CCc1occc1C(=O)N1CCCC1c1ccc(N(C)C)nn1. The lowest BCUT2D eigenvalue weighted by molar-refractivity contribution is 0.0730. The number of carbonyl (C=O) groups is 1. The van der Waals surface area contributed by atoms with Gasteiger partial charge in [-0.1, -0.05) is 6.92 Å². The Kier molecular flexibility index (Phi) is 4.32. The fourth-order valence-corrected chi connectivity index (χ4v) is 3.03. The maximum Gasteiger partial charge on any atom is 0.257 e. The number of furan rings is 1. The fourth-order valence-electron chi connectivity index (χ4n) is 3.03. The zero-order valence-electron chi connectivity index (χ0n) is 13.8. The van der Waals surface area contributed by atoms with Crippen molar-refractivity contribution in [2.45, 2.75) is 32.2 Å². The molecule has 0 aromatic carbocycles. The maximum atomic E-state index is 12.9. The highest BCUT2D eigenvalue weighted by Crippen LogP contribution is 2.32. The van der Waals surface area contributed by atoms with Crippen molar-refractivity contribution in [2.24, 2.45) is 0 Å². The second kappa shape index (κ2) is 6.40. The summed E-state index contributed by atoms with van der Waals surface area (Å²) in [5.74, 6) is 1.58. The second-order valence-electron chi connectivity index (χ2n) is 5.98. The first kappa shape index (κ1) is 15.5. The molecule has 6 heteroatoms. The van der Waals surface area contributed by atoms with E-state index in [2.05, 4.69) is 10.2 Å². The third-order valence-electron chi connectivity index (χ3n) is 4.28. The Hall–Kier alpha value is -2.37. The van der Waals surface area contributed by atoms with Gasteiger partial charge in [0.25, 0.3) is 5.91 Å². The van der Waals surface area contributed by atoms with Crippen molar-refractivity contribution in [3.05, 3.63) is 41.5 Å². The van der Waals surface area contributed by atoms with Crippen LogP contribution in [-0.4, -0.2) is 41.6 Å². The van der Waals surface area contributed by atoms with Crippen molar-refractivity contribution < 1.29 is 9.21 Å². The van der Waals surface area contributed by atoms with Crippen LogP contribution in [0.4, 0.5) is 5.82 Å². The lowest BCUT2D eigenvalue weighted by Crippen LogP contribution is -2.31.